The van der Waals surface area contributed by atoms with Gasteiger partial charge in [-0.3, -0.25) is 0 Å². The highest BCUT2D eigenvalue weighted by atomic mass is 35.5. The van der Waals surface area contributed by atoms with Crippen LogP contribution in [0.4, 0.5) is 8.78 Å². The predicted octanol–water partition coefficient (Wildman–Crippen LogP) is 2.91. The van der Waals surface area contributed by atoms with E-state index in [0.29, 0.717) is 29.6 Å². The highest BCUT2D eigenvalue weighted by Crippen LogP contribution is 2.30. The Morgan fingerprint density at radius 1 is 1.42 bits per heavy atom. The molecule has 0 radical (unpaired) electrons. The molecule has 3 N–H and O–H groups in total. The Morgan fingerprint density at radius 2 is 2.17 bits per heavy atom. The smallest absolute Gasteiger partial charge is 0.387 e. The number of nitrogens with one attached hydrogen (secondary N) is 2. The van der Waals surface area contributed by atoms with E-state index in [4.69, 9.17) is 11.6 Å². The number of ether oxygens (including phenoxy) is 1. The molecule has 1 aromatic rings. The molecule has 0 unspecified atom stereocenters. The van der Waals surface area contributed by atoms with E-state index in [1.165, 1.54) is 12.1 Å². The summed E-state index contributed by atoms with van der Waals surface area (Å²) in [5, 5.41) is 16.7. The van der Waals surface area contributed by atoms with E-state index in [0.717, 1.165) is 19.3 Å². The Hall–Kier alpha value is -1.60. The van der Waals surface area contributed by atoms with Crippen molar-refractivity contribution in [1.29, 1.82) is 0 Å². The van der Waals surface area contributed by atoms with E-state index >= 15 is 0 Å². The maximum absolute atomic E-state index is 12.5. The molecule has 5 nitrogen and oxygen atoms in total. The third kappa shape index (κ3) is 5.49. The number of rotatable bonds is 7. The van der Waals surface area contributed by atoms with Gasteiger partial charge in [0.1, 0.15) is 5.75 Å². The van der Waals surface area contributed by atoms with Crippen LogP contribution in [0.5, 0.6) is 5.75 Å². The molecule has 1 aromatic carbocycles. The molecule has 1 fully saturated rings. The lowest BCUT2D eigenvalue weighted by Gasteiger charge is -2.37. The van der Waals surface area contributed by atoms with Gasteiger partial charge in [0, 0.05) is 23.7 Å². The standard InChI is InChI=1S/C16H22ClF2N3O2/c1-2-20-15(22-10-16(23)6-3-7-16)21-9-11-8-12(17)4-5-13(11)24-14(18)19/h4-5,8,14,23H,2-3,6-7,9-10H2,1H3,(H2,20,21,22). The molecule has 24 heavy (non-hydrogen) atoms. The lowest BCUT2D eigenvalue weighted by molar-refractivity contribution is -0.0504. The molecule has 0 spiro atoms. The Balaban J connectivity index is 2.05. The molecule has 1 saturated carbocycles. The van der Waals surface area contributed by atoms with Crippen molar-refractivity contribution in [1.82, 2.24) is 10.6 Å². The molecule has 1 aliphatic carbocycles. The number of hydrogen-bond acceptors (Lipinski definition) is 3. The number of hydrogen-bond donors (Lipinski definition) is 3. The Labute approximate surface area is 145 Å². The summed E-state index contributed by atoms with van der Waals surface area (Å²) >= 11 is 5.92. The molecule has 2 rings (SSSR count). The fraction of sp³-hybridized carbons (Fsp3) is 0.562. The third-order valence-corrected chi connectivity index (χ3v) is 4.09. The second-order valence-corrected chi connectivity index (χ2v) is 6.19. The summed E-state index contributed by atoms with van der Waals surface area (Å²) in [5.74, 6) is 0.549. The molecule has 0 aromatic heterocycles. The zero-order valence-electron chi connectivity index (χ0n) is 13.5. The first-order valence-corrected chi connectivity index (χ1v) is 8.27. The maximum Gasteiger partial charge on any atom is 0.387 e. The van der Waals surface area contributed by atoms with Gasteiger partial charge in [0.2, 0.25) is 0 Å². The van der Waals surface area contributed by atoms with Crippen molar-refractivity contribution < 1.29 is 18.6 Å². The van der Waals surface area contributed by atoms with Gasteiger partial charge in [-0.25, -0.2) is 4.99 Å². The van der Waals surface area contributed by atoms with E-state index in [1.807, 2.05) is 6.92 Å². The molecule has 1 aliphatic rings. The van der Waals surface area contributed by atoms with E-state index in [1.54, 1.807) is 6.07 Å². The number of nitrogens with zero attached hydrogens (tertiary/aromatic N) is 1. The molecule has 0 saturated heterocycles. The van der Waals surface area contributed by atoms with Crippen molar-refractivity contribution in [2.75, 3.05) is 13.1 Å². The monoisotopic (exact) mass is 361 g/mol. The fourth-order valence-electron chi connectivity index (χ4n) is 2.40. The van der Waals surface area contributed by atoms with Gasteiger partial charge < -0.3 is 20.5 Å². The molecule has 0 amide bonds. The maximum atomic E-state index is 12.5. The first kappa shape index (κ1) is 18.7. The van der Waals surface area contributed by atoms with E-state index in [-0.39, 0.29) is 12.3 Å². The molecular weight excluding hydrogens is 340 g/mol. The minimum absolute atomic E-state index is 0.0478. The number of aliphatic hydroxyl groups is 1. The van der Waals surface area contributed by atoms with Crippen LogP contribution in [-0.2, 0) is 6.54 Å². The lowest BCUT2D eigenvalue weighted by atomic mass is 9.80. The van der Waals surface area contributed by atoms with Gasteiger partial charge in [-0.05, 0) is 44.4 Å². The first-order valence-electron chi connectivity index (χ1n) is 7.90. The average Bonchev–Trinajstić information content (AvgIpc) is 2.50. The van der Waals surface area contributed by atoms with Crippen molar-refractivity contribution in [2.45, 2.75) is 44.9 Å². The summed E-state index contributed by atoms with van der Waals surface area (Å²) in [4.78, 5) is 4.35. The Morgan fingerprint density at radius 3 is 2.75 bits per heavy atom. The Bertz CT molecular complexity index is 580. The normalized spacial score (nSPS) is 16.7. The van der Waals surface area contributed by atoms with Gasteiger partial charge in [0.15, 0.2) is 5.96 Å². The van der Waals surface area contributed by atoms with Crippen molar-refractivity contribution in [2.24, 2.45) is 4.99 Å². The number of alkyl halides is 2. The molecular formula is C16H22ClF2N3O2. The summed E-state index contributed by atoms with van der Waals surface area (Å²) in [5.41, 5.74) is -0.224. The van der Waals surface area contributed by atoms with Gasteiger partial charge in [-0.15, -0.1) is 0 Å². The zero-order chi connectivity index (χ0) is 17.6. The highest BCUT2D eigenvalue weighted by Gasteiger charge is 2.34. The minimum atomic E-state index is -2.91. The van der Waals surface area contributed by atoms with Crippen LogP contribution in [0.2, 0.25) is 5.02 Å². The van der Waals surface area contributed by atoms with Crippen LogP contribution in [-0.4, -0.2) is 36.4 Å². The lowest BCUT2D eigenvalue weighted by Crippen LogP contribution is -2.50. The summed E-state index contributed by atoms with van der Waals surface area (Å²) in [6.07, 6.45) is 2.54. The van der Waals surface area contributed by atoms with Crippen molar-refractivity contribution in [3.05, 3.63) is 28.8 Å². The second-order valence-electron chi connectivity index (χ2n) is 5.76. The molecule has 0 heterocycles. The van der Waals surface area contributed by atoms with Crippen molar-refractivity contribution in [3.8, 4) is 5.75 Å². The van der Waals surface area contributed by atoms with E-state index in [2.05, 4.69) is 20.4 Å². The summed E-state index contributed by atoms with van der Waals surface area (Å²) in [7, 11) is 0. The molecule has 0 atom stereocenters. The predicted molar refractivity (Wildman–Crippen MR) is 89.7 cm³/mol. The topological polar surface area (TPSA) is 65.9 Å². The first-order chi connectivity index (χ1) is 11.4. The minimum Gasteiger partial charge on any atom is -0.434 e. The average molecular weight is 362 g/mol. The summed E-state index contributed by atoms with van der Waals surface area (Å²) in [6, 6.07) is 4.44. The van der Waals surface area contributed by atoms with Crippen LogP contribution in [0.3, 0.4) is 0 Å². The van der Waals surface area contributed by atoms with Gasteiger partial charge in [0.05, 0.1) is 12.1 Å². The van der Waals surface area contributed by atoms with Gasteiger partial charge in [0.25, 0.3) is 0 Å². The highest BCUT2D eigenvalue weighted by molar-refractivity contribution is 6.30. The molecule has 8 heteroatoms. The summed E-state index contributed by atoms with van der Waals surface area (Å²) in [6.45, 7) is 0.166. The molecule has 134 valence electrons. The zero-order valence-corrected chi connectivity index (χ0v) is 14.2. The van der Waals surface area contributed by atoms with Crippen LogP contribution >= 0.6 is 11.6 Å². The second kappa shape index (κ2) is 8.48. The summed E-state index contributed by atoms with van der Waals surface area (Å²) < 4.78 is 29.4. The van der Waals surface area contributed by atoms with E-state index < -0.39 is 12.2 Å². The number of benzene rings is 1. The van der Waals surface area contributed by atoms with Gasteiger partial charge in [-0.1, -0.05) is 11.6 Å². The van der Waals surface area contributed by atoms with Crippen molar-refractivity contribution >= 4 is 17.6 Å². The van der Waals surface area contributed by atoms with Crippen LogP contribution in [0, 0.1) is 0 Å². The van der Waals surface area contributed by atoms with Crippen LogP contribution in [0.1, 0.15) is 31.7 Å². The van der Waals surface area contributed by atoms with Crippen molar-refractivity contribution in [3.63, 3.8) is 0 Å². The molecule has 0 bridgehead atoms. The Kier molecular flexibility index (Phi) is 6.62. The number of guanidine groups is 1. The van der Waals surface area contributed by atoms with Crippen LogP contribution in [0.25, 0.3) is 0 Å². The largest absolute Gasteiger partial charge is 0.434 e. The number of aliphatic imine (C=N–C) groups is 1. The van der Waals surface area contributed by atoms with Gasteiger partial charge in [-0.2, -0.15) is 8.78 Å². The SMILES string of the molecule is CCNC(=NCc1cc(Cl)ccc1OC(F)F)NCC1(O)CCC1. The van der Waals surface area contributed by atoms with Gasteiger partial charge >= 0.3 is 6.61 Å². The molecule has 0 aliphatic heterocycles. The third-order valence-electron chi connectivity index (χ3n) is 3.86. The van der Waals surface area contributed by atoms with Crippen LogP contribution in [0.15, 0.2) is 23.2 Å². The quantitative estimate of drug-likeness (QED) is 0.516. The fourth-order valence-corrected chi connectivity index (χ4v) is 2.59. The number of halogens is 3. The van der Waals surface area contributed by atoms with E-state index in [9.17, 15) is 13.9 Å². The van der Waals surface area contributed by atoms with Crippen LogP contribution < -0.4 is 15.4 Å².